The smallest absolute Gasteiger partial charge is 0.187 e. The van der Waals surface area contributed by atoms with E-state index in [1.165, 1.54) is 6.92 Å². The van der Waals surface area contributed by atoms with Crippen LogP contribution in [0.3, 0.4) is 0 Å². The number of hydrogen-bond acceptors (Lipinski definition) is 5. The van der Waals surface area contributed by atoms with Crippen LogP contribution in [0.1, 0.15) is 33.6 Å². The molecule has 0 unspecified atom stereocenters. The Hall–Kier alpha value is -0.490. The maximum Gasteiger partial charge on any atom is 0.187 e. The van der Waals surface area contributed by atoms with E-state index >= 15 is 0 Å². The second-order valence-electron chi connectivity index (χ2n) is 6.00. The van der Waals surface area contributed by atoms with Crippen LogP contribution in [0.25, 0.3) is 0 Å². The first-order valence-electron chi connectivity index (χ1n) is 6.59. The zero-order valence-electron chi connectivity index (χ0n) is 11.0. The summed E-state index contributed by atoms with van der Waals surface area (Å²) in [5.74, 6) is -1.15. The zero-order valence-corrected chi connectivity index (χ0v) is 11.0. The number of hydrogen-bond donors (Lipinski definition) is 1. The monoisotopic (exact) mass is 256 g/mol. The lowest BCUT2D eigenvalue weighted by Crippen LogP contribution is -2.47. The third-order valence-corrected chi connectivity index (χ3v) is 4.25. The van der Waals surface area contributed by atoms with Crippen LogP contribution in [0.15, 0.2) is 0 Å². The Bertz CT molecular complexity index is 366. The quantitative estimate of drug-likeness (QED) is 0.753. The number of aliphatic hydroxyl groups is 1. The Morgan fingerprint density at radius 1 is 1.28 bits per heavy atom. The fourth-order valence-corrected chi connectivity index (χ4v) is 3.61. The first-order valence-corrected chi connectivity index (χ1v) is 6.59. The number of fused-ring (bicyclic) bond motifs is 3. The molecule has 3 rings (SSSR count). The van der Waals surface area contributed by atoms with E-state index in [-0.39, 0.29) is 23.9 Å². The molecular formula is C13H20O5. The molecule has 0 aromatic carbocycles. The van der Waals surface area contributed by atoms with Gasteiger partial charge in [0.2, 0.25) is 0 Å². The van der Waals surface area contributed by atoms with Crippen molar-refractivity contribution in [1.29, 1.82) is 0 Å². The molecule has 18 heavy (non-hydrogen) atoms. The lowest BCUT2D eigenvalue weighted by molar-refractivity contribution is -0.219. The lowest BCUT2D eigenvalue weighted by atomic mass is 9.72. The number of carbonyl (C=O) groups excluding carboxylic acids is 1. The number of ether oxygens (including phenoxy) is 3. The van der Waals surface area contributed by atoms with Gasteiger partial charge in [0.1, 0.15) is 11.9 Å². The Balaban J connectivity index is 1.88. The molecule has 5 heteroatoms. The van der Waals surface area contributed by atoms with Gasteiger partial charge in [0.15, 0.2) is 12.1 Å². The first kappa shape index (κ1) is 12.5. The van der Waals surface area contributed by atoms with Crippen molar-refractivity contribution in [2.75, 3.05) is 0 Å². The molecule has 0 radical (unpaired) electrons. The van der Waals surface area contributed by atoms with E-state index in [4.69, 9.17) is 14.2 Å². The van der Waals surface area contributed by atoms with Crippen LogP contribution in [-0.4, -0.2) is 41.3 Å². The zero-order chi connectivity index (χ0) is 13.1. The van der Waals surface area contributed by atoms with Gasteiger partial charge in [0.05, 0.1) is 18.1 Å². The van der Waals surface area contributed by atoms with Crippen LogP contribution in [0, 0.1) is 11.8 Å². The van der Waals surface area contributed by atoms with Crippen LogP contribution >= 0.6 is 0 Å². The predicted molar refractivity (Wildman–Crippen MR) is 61.6 cm³/mol. The van der Waals surface area contributed by atoms with E-state index in [0.29, 0.717) is 6.42 Å². The number of rotatable bonds is 1. The van der Waals surface area contributed by atoms with E-state index in [0.717, 1.165) is 6.42 Å². The number of ketones is 1. The molecule has 5 nitrogen and oxygen atoms in total. The highest BCUT2D eigenvalue weighted by atomic mass is 16.8. The van der Waals surface area contributed by atoms with Crippen LogP contribution in [0.5, 0.6) is 0 Å². The Morgan fingerprint density at radius 3 is 2.67 bits per heavy atom. The molecule has 3 aliphatic rings. The molecule has 1 aliphatic carbocycles. The van der Waals surface area contributed by atoms with E-state index < -0.39 is 24.1 Å². The molecular weight excluding hydrogens is 236 g/mol. The Morgan fingerprint density at radius 2 is 2.00 bits per heavy atom. The minimum Gasteiger partial charge on any atom is -0.392 e. The highest BCUT2D eigenvalue weighted by molar-refractivity contribution is 5.79. The topological polar surface area (TPSA) is 65.0 Å². The van der Waals surface area contributed by atoms with E-state index in [9.17, 15) is 9.90 Å². The van der Waals surface area contributed by atoms with Gasteiger partial charge in [0, 0.05) is 5.92 Å². The molecule has 0 aromatic heterocycles. The number of carbonyl (C=O) groups is 1. The standard InChI is InChI=1S/C13H20O5/c1-6(14)9-7(15)4-5-8-10(9)11-12(16-8)18-13(2,3)17-11/h7-12,15H,4-5H2,1-3H3/t7-,8+,9-,10-,11+,12+/m0/s1. The Labute approximate surface area is 106 Å². The van der Waals surface area contributed by atoms with Crippen molar-refractivity contribution in [3.05, 3.63) is 0 Å². The summed E-state index contributed by atoms with van der Waals surface area (Å²) in [6, 6.07) is 0. The van der Waals surface area contributed by atoms with Crippen LogP contribution in [0.2, 0.25) is 0 Å². The molecule has 6 atom stereocenters. The molecule has 0 spiro atoms. The number of Topliss-reactive ketones (excluding diaryl/α,β-unsaturated/α-hetero) is 1. The molecule has 2 saturated heterocycles. The second kappa shape index (κ2) is 4.00. The SMILES string of the molecule is CC(=O)[C@@H]1[C@H]2[C@H]3OC(C)(C)O[C@H]3O[C@@H]2CC[C@@H]1O. The van der Waals surface area contributed by atoms with E-state index in [1.54, 1.807) is 0 Å². The summed E-state index contributed by atoms with van der Waals surface area (Å²) >= 11 is 0. The van der Waals surface area contributed by atoms with Gasteiger partial charge in [0.25, 0.3) is 0 Å². The van der Waals surface area contributed by atoms with Gasteiger partial charge < -0.3 is 19.3 Å². The van der Waals surface area contributed by atoms with Crippen molar-refractivity contribution in [3.63, 3.8) is 0 Å². The van der Waals surface area contributed by atoms with Crippen LogP contribution in [0.4, 0.5) is 0 Å². The van der Waals surface area contributed by atoms with Gasteiger partial charge in [-0.3, -0.25) is 4.79 Å². The third-order valence-electron chi connectivity index (χ3n) is 4.25. The first-order chi connectivity index (χ1) is 8.39. The highest BCUT2D eigenvalue weighted by Gasteiger charge is 2.59. The van der Waals surface area contributed by atoms with E-state index in [2.05, 4.69) is 0 Å². The number of aliphatic hydroxyl groups excluding tert-OH is 1. The molecule has 3 fully saturated rings. The average molecular weight is 256 g/mol. The molecule has 2 heterocycles. The summed E-state index contributed by atoms with van der Waals surface area (Å²) in [6.07, 6.45) is 0.104. The van der Waals surface area contributed by atoms with Gasteiger partial charge in [-0.05, 0) is 33.6 Å². The van der Waals surface area contributed by atoms with Crippen molar-refractivity contribution in [3.8, 4) is 0 Å². The van der Waals surface area contributed by atoms with Crippen molar-refractivity contribution in [1.82, 2.24) is 0 Å². The van der Waals surface area contributed by atoms with Crippen molar-refractivity contribution in [2.24, 2.45) is 11.8 Å². The summed E-state index contributed by atoms with van der Waals surface area (Å²) in [6.45, 7) is 5.21. The minimum absolute atomic E-state index is 0.00903. The summed E-state index contributed by atoms with van der Waals surface area (Å²) in [7, 11) is 0. The molecule has 1 saturated carbocycles. The highest BCUT2D eigenvalue weighted by Crippen LogP contribution is 2.48. The summed E-state index contributed by atoms with van der Waals surface area (Å²) < 4.78 is 17.4. The molecule has 0 amide bonds. The van der Waals surface area contributed by atoms with Crippen molar-refractivity contribution < 1.29 is 24.1 Å². The Kier molecular flexibility index (Phi) is 2.79. The van der Waals surface area contributed by atoms with Crippen molar-refractivity contribution >= 4 is 5.78 Å². The summed E-state index contributed by atoms with van der Waals surface area (Å²) in [4.78, 5) is 11.8. The molecule has 0 bridgehead atoms. The maximum atomic E-state index is 11.8. The van der Waals surface area contributed by atoms with E-state index in [1.807, 2.05) is 13.8 Å². The van der Waals surface area contributed by atoms with Crippen molar-refractivity contribution in [2.45, 2.75) is 64.0 Å². The fraction of sp³-hybridized carbons (Fsp3) is 0.923. The summed E-state index contributed by atoms with van der Waals surface area (Å²) in [5.41, 5.74) is 0. The normalized spacial score (nSPS) is 49.8. The molecule has 2 aliphatic heterocycles. The summed E-state index contributed by atoms with van der Waals surface area (Å²) in [5, 5.41) is 10.1. The maximum absolute atomic E-state index is 11.8. The predicted octanol–water partition coefficient (Wildman–Crippen LogP) is 0.839. The largest absolute Gasteiger partial charge is 0.392 e. The molecule has 0 aromatic rings. The lowest BCUT2D eigenvalue weighted by Gasteiger charge is -2.37. The third kappa shape index (κ3) is 1.81. The van der Waals surface area contributed by atoms with Crippen LogP contribution < -0.4 is 0 Å². The van der Waals surface area contributed by atoms with Gasteiger partial charge in [-0.1, -0.05) is 0 Å². The molecule has 1 N–H and O–H groups in total. The fourth-order valence-electron chi connectivity index (χ4n) is 3.61. The van der Waals surface area contributed by atoms with Gasteiger partial charge >= 0.3 is 0 Å². The minimum atomic E-state index is -0.677. The van der Waals surface area contributed by atoms with Gasteiger partial charge in [-0.25, -0.2) is 0 Å². The van der Waals surface area contributed by atoms with Gasteiger partial charge in [-0.15, -0.1) is 0 Å². The van der Waals surface area contributed by atoms with Gasteiger partial charge in [-0.2, -0.15) is 0 Å². The second-order valence-corrected chi connectivity index (χ2v) is 6.00. The molecule has 102 valence electrons. The average Bonchev–Trinajstić information content (AvgIpc) is 2.70. The van der Waals surface area contributed by atoms with Crippen LogP contribution in [-0.2, 0) is 19.0 Å².